The number of para-hydroxylation sites is 1. The van der Waals surface area contributed by atoms with Crippen LogP contribution in [0.25, 0.3) is 21.8 Å². The summed E-state index contributed by atoms with van der Waals surface area (Å²) in [7, 11) is 0. The molecule has 0 unspecified atom stereocenters. The number of fused-ring (bicyclic) bond motifs is 3. The average Bonchev–Trinajstić information content (AvgIpc) is 3.13. The number of carbonyl (C=O) groups excluding carboxylic acids is 1. The lowest BCUT2D eigenvalue weighted by Gasteiger charge is -2.32. The van der Waals surface area contributed by atoms with Gasteiger partial charge in [-0.25, -0.2) is 0 Å². The maximum atomic E-state index is 12.6. The van der Waals surface area contributed by atoms with Crippen molar-refractivity contribution >= 4 is 27.7 Å². The van der Waals surface area contributed by atoms with Gasteiger partial charge in [-0.2, -0.15) is 0 Å². The molecule has 4 aromatic rings. The van der Waals surface area contributed by atoms with E-state index >= 15 is 0 Å². The third-order valence-corrected chi connectivity index (χ3v) is 6.63. The van der Waals surface area contributed by atoms with E-state index in [9.17, 15) is 4.79 Å². The van der Waals surface area contributed by atoms with E-state index in [0.717, 1.165) is 44.8 Å². The third kappa shape index (κ3) is 3.96. The van der Waals surface area contributed by atoms with E-state index in [1.165, 1.54) is 27.4 Å². The van der Waals surface area contributed by atoms with E-state index in [2.05, 4.69) is 54.0 Å². The van der Waals surface area contributed by atoms with Crippen LogP contribution in [0.4, 0.5) is 0 Å². The fourth-order valence-electron chi connectivity index (χ4n) is 4.97. The summed E-state index contributed by atoms with van der Waals surface area (Å²) in [5.74, 6) is 0.249. The van der Waals surface area contributed by atoms with Gasteiger partial charge < -0.3 is 14.4 Å². The molecule has 4 heteroatoms. The van der Waals surface area contributed by atoms with Crippen molar-refractivity contribution in [2.45, 2.75) is 26.4 Å². The molecule has 3 aromatic carbocycles. The van der Waals surface area contributed by atoms with Gasteiger partial charge in [-0.3, -0.25) is 4.79 Å². The average molecular weight is 413 g/mol. The maximum absolute atomic E-state index is 12.6. The van der Waals surface area contributed by atoms with E-state index in [1.54, 1.807) is 4.90 Å². The van der Waals surface area contributed by atoms with Crippen molar-refractivity contribution in [2.75, 3.05) is 26.2 Å². The van der Waals surface area contributed by atoms with Crippen LogP contribution in [0.5, 0.6) is 0 Å². The first kappa shape index (κ1) is 19.8. The zero-order valence-electron chi connectivity index (χ0n) is 18.2. The normalized spacial score (nSPS) is 15.1. The first-order chi connectivity index (χ1) is 15.2. The van der Waals surface area contributed by atoms with Crippen LogP contribution in [0.3, 0.4) is 0 Å². The van der Waals surface area contributed by atoms with Gasteiger partial charge in [-0.1, -0.05) is 54.6 Å². The molecule has 1 aliphatic rings. The predicted molar refractivity (Wildman–Crippen MR) is 126 cm³/mol. The second kappa shape index (κ2) is 8.56. The Labute approximate surface area is 183 Å². The molecular weight excluding hydrogens is 382 g/mol. The van der Waals surface area contributed by atoms with Crippen LogP contribution >= 0.6 is 0 Å². The molecule has 0 radical (unpaired) electrons. The third-order valence-electron chi connectivity index (χ3n) is 6.63. The lowest BCUT2D eigenvalue weighted by atomic mass is 10.1. The molecule has 1 fully saturated rings. The van der Waals surface area contributed by atoms with E-state index in [1.807, 2.05) is 35.2 Å². The molecule has 2 heterocycles. The summed E-state index contributed by atoms with van der Waals surface area (Å²) >= 11 is 0. The fraction of sp³-hybridized carbons (Fsp3) is 0.296. The number of hydrogen-bond donors (Lipinski definition) is 1. The molecule has 31 heavy (non-hydrogen) atoms. The Morgan fingerprint density at radius 3 is 2.32 bits per heavy atom. The molecule has 1 N–H and O–H groups in total. The monoisotopic (exact) mass is 412 g/mol. The Kier molecular flexibility index (Phi) is 5.47. The fourth-order valence-corrected chi connectivity index (χ4v) is 4.97. The van der Waals surface area contributed by atoms with Gasteiger partial charge in [-0.15, -0.1) is 0 Å². The molecule has 1 aliphatic heterocycles. The Bertz CT molecular complexity index is 1200. The van der Waals surface area contributed by atoms with Gasteiger partial charge in [0.05, 0.1) is 32.6 Å². The number of carbonyl (C=O) groups is 1. The summed E-state index contributed by atoms with van der Waals surface area (Å²) in [6.45, 7) is 7.92. The summed E-state index contributed by atoms with van der Waals surface area (Å²) in [6.07, 6.45) is 0.508. The van der Waals surface area contributed by atoms with E-state index in [-0.39, 0.29) is 5.91 Å². The summed E-state index contributed by atoms with van der Waals surface area (Å²) in [5, 5.41) is 2.69. The highest BCUT2D eigenvalue weighted by Gasteiger charge is 2.24. The number of hydrogen-bond acceptors (Lipinski definition) is 1. The minimum Gasteiger partial charge on any atom is -0.341 e. The SMILES string of the molecule is CCn1c2ccccc2c2cc(C[NH+]3CCN(C(=O)Cc4ccccc4)CC3)ccc21. The first-order valence-corrected chi connectivity index (χ1v) is 11.4. The highest BCUT2D eigenvalue weighted by atomic mass is 16.2. The number of amides is 1. The number of benzene rings is 3. The van der Waals surface area contributed by atoms with Crippen molar-refractivity contribution in [3.63, 3.8) is 0 Å². The zero-order chi connectivity index (χ0) is 21.2. The first-order valence-electron chi connectivity index (χ1n) is 11.4. The molecule has 158 valence electrons. The van der Waals surface area contributed by atoms with Crippen molar-refractivity contribution < 1.29 is 9.69 Å². The van der Waals surface area contributed by atoms with Crippen LogP contribution in [0.1, 0.15) is 18.1 Å². The number of nitrogens with zero attached hydrogens (tertiary/aromatic N) is 2. The summed E-state index contributed by atoms with van der Waals surface area (Å²) in [5.41, 5.74) is 5.11. The number of rotatable bonds is 5. The molecule has 5 rings (SSSR count). The highest BCUT2D eigenvalue weighted by molar-refractivity contribution is 6.08. The van der Waals surface area contributed by atoms with Crippen LogP contribution in [-0.4, -0.2) is 41.6 Å². The van der Waals surface area contributed by atoms with Crippen molar-refractivity contribution in [1.82, 2.24) is 9.47 Å². The van der Waals surface area contributed by atoms with Crippen molar-refractivity contribution in [3.8, 4) is 0 Å². The quantitative estimate of drug-likeness (QED) is 0.536. The van der Waals surface area contributed by atoms with Crippen molar-refractivity contribution in [3.05, 3.63) is 83.9 Å². The van der Waals surface area contributed by atoms with Crippen LogP contribution in [0.2, 0.25) is 0 Å². The Morgan fingerprint density at radius 2 is 1.55 bits per heavy atom. The minimum atomic E-state index is 0.249. The van der Waals surface area contributed by atoms with Gasteiger partial charge in [0.1, 0.15) is 6.54 Å². The van der Waals surface area contributed by atoms with Gasteiger partial charge in [-0.05, 0) is 30.7 Å². The summed E-state index contributed by atoms with van der Waals surface area (Å²) < 4.78 is 2.40. The maximum Gasteiger partial charge on any atom is 0.227 e. The second-order valence-corrected chi connectivity index (χ2v) is 8.58. The molecule has 4 nitrogen and oxygen atoms in total. The number of piperazine rings is 1. The second-order valence-electron chi connectivity index (χ2n) is 8.58. The zero-order valence-corrected chi connectivity index (χ0v) is 18.2. The Hall–Kier alpha value is -3.11. The number of aromatic nitrogens is 1. The standard InChI is InChI=1S/C27H29N3O/c1-2-30-25-11-7-6-10-23(25)24-18-22(12-13-26(24)30)20-28-14-16-29(17-15-28)27(31)19-21-8-4-3-5-9-21/h3-13,18H,2,14-17,19-20H2,1H3/p+1. The number of nitrogens with one attached hydrogen (secondary N) is 1. The largest absolute Gasteiger partial charge is 0.341 e. The summed E-state index contributed by atoms with van der Waals surface area (Å²) in [6, 6.07) is 25.7. The molecular formula is C27H30N3O+. The van der Waals surface area contributed by atoms with Crippen molar-refractivity contribution in [2.24, 2.45) is 0 Å². The van der Waals surface area contributed by atoms with Gasteiger partial charge in [0, 0.05) is 33.9 Å². The molecule has 1 amide bonds. The van der Waals surface area contributed by atoms with E-state index in [0.29, 0.717) is 6.42 Å². The topological polar surface area (TPSA) is 29.7 Å². The Morgan fingerprint density at radius 1 is 0.839 bits per heavy atom. The molecule has 0 saturated carbocycles. The molecule has 1 aromatic heterocycles. The highest BCUT2D eigenvalue weighted by Crippen LogP contribution is 2.29. The van der Waals surface area contributed by atoms with Crippen LogP contribution in [0, 0.1) is 0 Å². The van der Waals surface area contributed by atoms with Gasteiger partial charge >= 0.3 is 0 Å². The summed E-state index contributed by atoms with van der Waals surface area (Å²) in [4.78, 5) is 16.2. The van der Waals surface area contributed by atoms with E-state index < -0.39 is 0 Å². The van der Waals surface area contributed by atoms with Crippen LogP contribution in [-0.2, 0) is 24.3 Å². The molecule has 0 aliphatic carbocycles. The van der Waals surface area contributed by atoms with Crippen LogP contribution in [0.15, 0.2) is 72.8 Å². The van der Waals surface area contributed by atoms with Gasteiger partial charge in [0.15, 0.2) is 0 Å². The van der Waals surface area contributed by atoms with Gasteiger partial charge in [0.2, 0.25) is 5.91 Å². The molecule has 1 saturated heterocycles. The van der Waals surface area contributed by atoms with Crippen molar-refractivity contribution in [1.29, 1.82) is 0 Å². The number of aryl methyl sites for hydroxylation is 1. The van der Waals surface area contributed by atoms with Crippen LogP contribution < -0.4 is 4.90 Å². The minimum absolute atomic E-state index is 0.249. The molecule has 0 spiro atoms. The predicted octanol–water partition coefficient (Wildman–Crippen LogP) is 3.28. The molecule has 0 atom stereocenters. The van der Waals surface area contributed by atoms with E-state index in [4.69, 9.17) is 0 Å². The smallest absolute Gasteiger partial charge is 0.227 e. The molecule has 0 bridgehead atoms. The number of quaternary nitrogens is 1. The lowest BCUT2D eigenvalue weighted by Crippen LogP contribution is -3.13. The Balaban J connectivity index is 1.26. The van der Waals surface area contributed by atoms with Gasteiger partial charge in [0.25, 0.3) is 0 Å². The lowest BCUT2D eigenvalue weighted by molar-refractivity contribution is -0.917.